The highest BCUT2D eigenvalue weighted by Crippen LogP contribution is 2.27. The Kier molecular flexibility index (Phi) is 2.57. The maximum Gasteiger partial charge on any atom is 0.0590 e. The van der Waals surface area contributed by atoms with E-state index in [2.05, 4.69) is 19.8 Å². The van der Waals surface area contributed by atoms with Crippen molar-refractivity contribution in [1.82, 2.24) is 0 Å². The smallest absolute Gasteiger partial charge is 0.0590 e. The summed E-state index contributed by atoms with van der Waals surface area (Å²) < 4.78 is 5.50. The molecule has 0 saturated carbocycles. The Morgan fingerprint density at radius 3 is 2.82 bits per heavy atom. The molecule has 0 spiro atoms. The molecular formula is C10H16O. The van der Waals surface area contributed by atoms with Gasteiger partial charge in [-0.1, -0.05) is 0 Å². The zero-order valence-corrected chi connectivity index (χ0v) is 7.39. The maximum atomic E-state index is 5.50. The largest absolute Gasteiger partial charge is 0.378 e. The van der Waals surface area contributed by atoms with E-state index in [0.29, 0.717) is 6.10 Å². The summed E-state index contributed by atoms with van der Waals surface area (Å²) >= 11 is 0. The number of ether oxygens (including phenoxy) is 1. The number of hydrogen-bond donors (Lipinski definition) is 0. The van der Waals surface area contributed by atoms with Gasteiger partial charge >= 0.3 is 0 Å². The van der Waals surface area contributed by atoms with Crippen LogP contribution in [-0.4, -0.2) is 12.7 Å². The molecule has 0 aromatic carbocycles. The molecule has 0 aromatic rings. The van der Waals surface area contributed by atoms with Crippen LogP contribution in [0.15, 0.2) is 0 Å². The summed E-state index contributed by atoms with van der Waals surface area (Å²) in [7, 11) is 0. The van der Waals surface area contributed by atoms with Crippen LogP contribution < -0.4 is 0 Å². The van der Waals surface area contributed by atoms with Gasteiger partial charge in [0.15, 0.2) is 0 Å². The van der Waals surface area contributed by atoms with Gasteiger partial charge in [-0.2, -0.15) is 0 Å². The average molecular weight is 152 g/mol. The number of rotatable bonds is 2. The lowest BCUT2D eigenvalue weighted by molar-refractivity contribution is 0.0841. The van der Waals surface area contributed by atoms with Crippen LogP contribution in [0.4, 0.5) is 0 Å². The van der Waals surface area contributed by atoms with Gasteiger partial charge in [0.25, 0.3) is 0 Å². The highest BCUT2D eigenvalue weighted by Gasteiger charge is 2.24. The van der Waals surface area contributed by atoms with Crippen LogP contribution in [0, 0.1) is 17.8 Å². The van der Waals surface area contributed by atoms with Gasteiger partial charge in [-0.05, 0) is 33.1 Å². The molecule has 0 aliphatic carbocycles. The van der Waals surface area contributed by atoms with Crippen molar-refractivity contribution in [2.24, 2.45) is 5.41 Å². The summed E-state index contributed by atoms with van der Waals surface area (Å²) in [6.45, 7) is 5.11. The topological polar surface area (TPSA) is 9.23 Å². The SMILES string of the molecule is C#CC(C)(C)C[C@@H]1CCCO1. The van der Waals surface area contributed by atoms with Gasteiger partial charge < -0.3 is 4.74 Å². The minimum absolute atomic E-state index is 0.00894. The standard InChI is InChI=1S/C10H16O/c1-4-10(2,3)8-9-6-5-7-11-9/h1,9H,5-8H2,2-3H3/t9-/m0/s1. The highest BCUT2D eigenvalue weighted by atomic mass is 16.5. The van der Waals surface area contributed by atoms with Crippen LogP contribution in [-0.2, 0) is 4.74 Å². The molecule has 1 saturated heterocycles. The zero-order chi connectivity index (χ0) is 8.32. The summed E-state index contributed by atoms with van der Waals surface area (Å²) in [4.78, 5) is 0. The summed E-state index contributed by atoms with van der Waals surface area (Å²) in [6.07, 6.45) is 9.19. The third-order valence-corrected chi connectivity index (χ3v) is 2.15. The molecule has 0 radical (unpaired) electrons. The van der Waals surface area contributed by atoms with Gasteiger partial charge in [0.05, 0.1) is 6.10 Å². The van der Waals surface area contributed by atoms with Gasteiger partial charge in [-0.15, -0.1) is 12.3 Å². The fourth-order valence-corrected chi connectivity index (χ4v) is 1.43. The maximum absolute atomic E-state index is 5.50. The molecule has 1 heterocycles. The lowest BCUT2D eigenvalue weighted by Gasteiger charge is -2.21. The lowest BCUT2D eigenvalue weighted by atomic mass is 9.87. The first-order valence-corrected chi connectivity index (χ1v) is 4.23. The molecule has 0 bridgehead atoms. The monoisotopic (exact) mass is 152 g/mol. The molecule has 62 valence electrons. The molecule has 1 nitrogen and oxygen atoms in total. The lowest BCUT2D eigenvalue weighted by Crippen LogP contribution is -2.18. The fraction of sp³-hybridized carbons (Fsp3) is 0.800. The van der Waals surface area contributed by atoms with E-state index < -0.39 is 0 Å². The normalized spacial score (nSPS) is 25.0. The minimum atomic E-state index is 0.00894. The van der Waals surface area contributed by atoms with Crippen molar-refractivity contribution in [1.29, 1.82) is 0 Å². The molecule has 1 atom stereocenters. The van der Waals surface area contributed by atoms with Crippen LogP contribution in [0.2, 0.25) is 0 Å². The Morgan fingerprint density at radius 1 is 1.64 bits per heavy atom. The van der Waals surface area contributed by atoms with Crippen molar-refractivity contribution >= 4 is 0 Å². The van der Waals surface area contributed by atoms with Gasteiger partial charge in [-0.3, -0.25) is 0 Å². The summed E-state index contributed by atoms with van der Waals surface area (Å²) in [5.41, 5.74) is 0.00894. The van der Waals surface area contributed by atoms with Crippen LogP contribution in [0.3, 0.4) is 0 Å². The highest BCUT2D eigenvalue weighted by molar-refractivity contribution is 5.01. The first-order valence-electron chi connectivity index (χ1n) is 4.23. The predicted octanol–water partition coefficient (Wildman–Crippen LogP) is 2.21. The van der Waals surface area contributed by atoms with Crippen molar-refractivity contribution in [3.63, 3.8) is 0 Å². The summed E-state index contributed by atoms with van der Waals surface area (Å²) in [5, 5.41) is 0. The Labute approximate surface area is 69.1 Å². The Hall–Kier alpha value is -0.480. The molecule has 11 heavy (non-hydrogen) atoms. The van der Waals surface area contributed by atoms with E-state index in [9.17, 15) is 0 Å². The second kappa shape index (κ2) is 3.28. The van der Waals surface area contributed by atoms with Crippen molar-refractivity contribution in [3.8, 4) is 12.3 Å². The number of terminal acetylenes is 1. The molecule has 1 aliphatic rings. The Morgan fingerprint density at radius 2 is 2.36 bits per heavy atom. The average Bonchev–Trinajstić information content (AvgIpc) is 2.39. The molecule has 0 unspecified atom stereocenters. The van der Waals surface area contributed by atoms with Crippen LogP contribution in [0.25, 0.3) is 0 Å². The molecule has 1 fully saturated rings. The Bertz CT molecular complexity index is 158. The first-order chi connectivity index (χ1) is 5.14. The molecule has 0 amide bonds. The van der Waals surface area contributed by atoms with Crippen molar-refractivity contribution < 1.29 is 4.74 Å². The van der Waals surface area contributed by atoms with Gasteiger partial charge in [-0.25, -0.2) is 0 Å². The molecule has 0 N–H and O–H groups in total. The second-order valence-electron chi connectivity index (χ2n) is 3.87. The molecule has 1 rings (SSSR count). The van der Waals surface area contributed by atoms with E-state index in [4.69, 9.17) is 11.2 Å². The van der Waals surface area contributed by atoms with E-state index in [-0.39, 0.29) is 5.41 Å². The van der Waals surface area contributed by atoms with Crippen LogP contribution in [0.5, 0.6) is 0 Å². The van der Waals surface area contributed by atoms with Crippen molar-refractivity contribution in [3.05, 3.63) is 0 Å². The minimum Gasteiger partial charge on any atom is -0.378 e. The summed E-state index contributed by atoms with van der Waals surface area (Å²) in [6, 6.07) is 0. The van der Waals surface area contributed by atoms with Crippen LogP contribution >= 0.6 is 0 Å². The van der Waals surface area contributed by atoms with Gasteiger partial charge in [0, 0.05) is 12.0 Å². The molecular weight excluding hydrogens is 136 g/mol. The first kappa shape index (κ1) is 8.62. The third-order valence-electron chi connectivity index (χ3n) is 2.15. The predicted molar refractivity (Wildman–Crippen MR) is 46.2 cm³/mol. The van der Waals surface area contributed by atoms with Crippen LogP contribution in [0.1, 0.15) is 33.1 Å². The zero-order valence-electron chi connectivity index (χ0n) is 7.39. The van der Waals surface area contributed by atoms with E-state index >= 15 is 0 Å². The quantitative estimate of drug-likeness (QED) is 0.551. The fourth-order valence-electron chi connectivity index (χ4n) is 1.43. The van der Waals surface area contributed by atoms with E-state index in [1.54, 1.807) is 0 Å². The third kappa shape index (κ3) is 2.55. The molecule has 1 heteroatoms. The van der Waals surface area contributed by atoms with Crippen molar-refractivity contribution in [2.45, 2.75) is 39.2 Å². The Balaban J connectivity index is 2.35. The summed E-state index contributed by atoms with van der Waals surface area (Å²) in [5.74, 6) is 2.79. The molecule has 0 aromatic heterocycles. The van der Waals surface area contributed by atoms with E-state index in [0.717, 1.165) is 13.0 Å². The second-order valence-corrected chi connectivity index (χ2v) is 3.87. The molecule has 1 aliphatic heterocycles. The number of hydrogen-bond acceptors (Lipinski definition) is 1. The van der Waals surface area contributed by atoms with Crippen molar-refractivity contribution in [2.75, 3.05) is 6.61 Å². The van der Waals surface area contributed by atoms with E-state index in [1.807, 2.05) is 0 Å². The van der Waals surface area contributed by atoms with Gasteiger partial charge in [0.1, 0.15) is 0 Å². The van der Waals surface area contributed by atoms with E-state index in [1.165, 1.54) is 12.8 Å². The van der Waals surface area contributed by atoms with Gasteiger partial charge in [0.2, 0.25) is 0 Å².